The number of rotatable bonds is 6. The van der Waals surface area contributed by atoms with Gasteiger partial charge in [-0.25, -0.2) is 4.79 Å². The number of nitriles is 1. The van der Waals surface area contributed by atoms with Crippen LogP contribution in [0.15, 0.2) is 36.5 Å². The normalized spacial score (nSPS) is 16.5. The summed E-state index contributed by atoms with van der Waals surface area (Å²) in [6, 6.07) is 11.7. The fraction of sp³-hybridized carbons (Fsp3) is 0.500. The van der Waals surface area contributed by atoms with E-state index in [0.717, 1.165) is 5.69 Å². The molecule has 1 aromatic carbocycles. The summed E-state index contributed by atoms with van der Waals surface area (Å²) in [7, 11) is 0. The second-order valence-electron chi connectivity index (χ2n) is 9.62. The second kappa shape index (κ2) is 9.53. The van der Waals surface area contributed by atoms with E-state index in [2.05, 4.69) is 16.5 Å². The maximum Gasteiger partial charge on any atom is 0.410 e. The van der Waals surface area contributed by atoms with Crippen molar-refractivity contribution in [3.63, 3.8) is 0 Å². The summed E-state index contributed by atoms with van der Waals surface area (Å²) in [5.74, 6) is -0.177. The van der Waals surface area contributed by atoms with Crippen molar-refractivity contribution in [2.45, 2.75) is 58.1 Å². The maximum absolute atomic E-state index is 12.4. The van der Waals surface area contributed by atoms with Gasteiger partial charge in [0.15, 0.2) is 5.82 Å². The first-order chi connectivity index (χ1) is 15.5. The monoisotopic (exact) mass is 452 g/mol. The number of amides is 2. The number of nitrogens with two attached hydrogens (primary N) is 1. The molecule has 3 rings (SSSR count). The van der Waals surface area contributed by atoms with Crippen LogP contribution < -0.4 is 11.1 Å². The van der Waals surface area contributed by atoms with E-state index in [9.17, 15) is 14.9 Å². The summed E-state index contributed by atoms with van der Waals surface area (Å²) in [4.78, 5) is 26.3. The Labute approximate surface area is 194 Å². The number of carbonyl (C=O) groups is 2. The number of piperidine rings is 1. The van der Waals surface area contributed by atoms with Crippen molar-refractivity contribution in [1.82, 2.24) is 14.7 Å². The molecule has 2 heterocycles. The molecule has 3 N–H and O–H groups in total. The molecule has 1 aromatic heterocycles. The zero-order chi connectivity index (χ0) is 24.2. The summed E-state index contributed by atoms with van der Waals surface area (Å²) in [6.45, 7) is 8.55. The molecule has 0 saturated carbocycles. The molecule has 0 radical (unpaired) electrons. The highest BCUT2D eigenvalue weighted by Gasteiger charge is 2.41. The number of anilines is 2. The lowest BCUT2D eigenvalue weighted by molar-refractivity contribution is 0.0106. The van der Waals surface area contributed by atoms with Crippen molar-refractivity contribution < 1.29 is 14.3 Å². The first-order valence-electron chi connectivity index (χ1n) is 11.1. The molecule has 176 valence electrons. The number of likely N-dealkylation sites (tertiary alicyclic amines) is 1. The molecule has 2 amide bonds. The number of para-hydroxylation sites is 1. The standard InChI is InChI=1S/C24H32N6O3/c1-23(2,3)33-22(32)29-14-10-17(11-15-29)24(4,12-13-25)30-16-19(20(26)31)21(28-30)27-18-8-6-5-7-9-18/h5-9,16-17H,10-12,14-15H2,1-4H3,(H2,26,31)(H,27,28). The van der Waals surface area contributed by atoms with Crippen molar-refractivity contribution >= 4 is 23.5 Å². The number of ether oxygens (including phenoxy) is 1. The predicted octanol–water partition coefficient (Wildman–Crippen LogP) is 4.00. The lowest BCUT2D eigenvalue weighted by Crippen LogP contribution is -2.48. The number of primary amides is 1. The Morgan fingerprint density at radius 1 is 1.21 bits per heavy atom. The molecule has 1 fully saturated rings. The van der Waals surface area contributed by atoms with Gasteiger partial charge >= 0.3 is 6.09 Å². The molecule has 1 aliphatic heterocycles. The van der Waals surface area contributed by atoms with Gasteiger partial charge in [0.05, 0.1) is 18.0 Å². The van der Waals surface area contributed by atoms with Crippen LogP contribution in [0.5, 0.6) is 0 Å². The van der Waals surface area contributed by atoms with Crippen molar-refractivity contribution in [2.75, 3.05) is 18.4 Å². The topological polar surface area (TPSA) is 126 Å². The molecule has 9 heteroatoms. The third-order valence-corrected chi connectivity index (χ3v) is 6.00. The molecular formula is C24H32N6O3. The van der Waals surface area contributed by atoms with E-state index in [1.54, 1.807) is 15.8 Å². The largest absolute Gasteiger partial charge is 0.444 e. The number of nitrogens with zero attached hydrogens (tertiary/aromatic N) is 4. The fourth-order valence-electron chi connectivity index (χ4n) is 4.15. The van der Waals surface area contributed by atoms with E-state index in [-0.39, 0.29) is 24.0 Å². The molecule has 1 saturated heterocycles. The lowest BCUT2D eigenvalue weighted by atomic mass is 9.77. The van der Waals surface area contributed by atoms with Gasteiger partial charge in [0.2, 0.25) is 0 Å². The van der Waals surface area contributed by atoms with Crippen molar-refractivity contribution in [2.24, 2.45) is 11.7 Å². The molecular weight excluding hydrogens is 420 g/mol. The van der Waals surface area contributed by atoms with Crippen LogP contribution in [0.3, 0.4) is 0 Å². The minimum absolute atomic E-state index is 0.0704. The van der Waals surface area contributed by atoms with Gasteiger partial charge < -0.3 is 20.7 Å². The molecule has 9 nitrogen and oxygen atoms in total. The van der Waals surface area contributed by atoms with E-state index in [4.69, 9.17) is 10.5 Å². The minimum atomic E-state index is -0.671. The van der Waals surface area contributed by atoms with Gasteiger partial charge in [0.1, 0.15) is 11.2 Å². The average Bonchev–Trinajstić information content (AvgIpc) is 3.18. The van der Waals surface area contributed by atoms with Gasteiger partial charge in [-0.2, -0.15) is 10.4 Å². The van der Waals surface area contributed by atoms with Crippen molar-refractivity contribution in [3.8, 4) is 6.07 Å². The minimum Gasteiger partial charge on any atom is -0.444 e. The Morgan fingerprint density at radius 3 is 2.39 bits per heavy atom. The van der Waals surface area contributed by atoms with Crippen LogP contribution in [0, 0.1) is 17.2 Å². The van der Waals surface area contributed by atoms with Crippen LogP contribution in [0.4, 0.5) is 16.3 Å². The quantitative estimate of drug-likeness (QED) is 0.682. The Balaban J connectivity index is 1.83. The Kier molecular flexibility index (Phi) is 6.96. The molecule has 0 aliphatic carbocycles. The smallest absolute Gasteiger partial charge is 0.410 e. The summed E-state index contributed by atoms with van der Waals surface area (Å²) in [5.41, 5.74) is 5.44. The highest BCUT2D eigenvalue weighted by Crippen LogP contribution is 2.38. The van der Waals surface area contributed by atoms with Gasteiger partial charge in [-0.05, 0) is 58.6 Å². The van der Waals surface area contributed by atoms with Gasteiger partial charge in [-0.15, -0.1) is 0 Å². The first kappa shape index (κ1) is 24.1. The van der Waals surface area contributed by atoms with E-state index >= 15 is 0 Å². The maximum atomic E-state index is 12.4. The number of carbonyl (C=O) groups excluding carboxylic acids is 2. The van der Waals surface area contributed by atoms with E-state index in [1.807, 2.05) is 58.0 Å². The third-order valence-electron chi connectivity index (χ3n) is 6.00. The Bertz CT molecular complexity index is 1030. The summed E-state index contributed by atoms with van der Waals surface area (Å²) >= 11 is 0. The first-order valence-corrected chi connectivity index (χ1v) is 11.1. The number of aromatic nitrogens is 2. The molecule has 1 atom stereocenters. The SMILES string of the molecule is CC(C)(C)OC(=O)N1CCC(C(C)(CC#N)n2cc(C(N)=O)c(Nc3ccccc3)n2)CC1. The fourth-order valence-corrected chi connectivity index (χ4v) is 4.15. The molecule has 1 aliphatic rings. The van der Waals surface area contributed by atoms with E-state index in [1.165, 1.54) is 0 Å². The van der Waals surface area contributed by atoms with Crippen LogP contribution in [0.25, 0.3) is 0 Å². The summed E-state index contributed by atoms with van der Waals surface area (Å²) < 4.78 is 7.18. The molecule has 2 aromatic rings. The van der Waals surface area contributed by atoms with Gasteiger partial charge in [-0.3, -0.25) is 9.48 Å². The number of nitrogens with one attached hydrogen (secondary N) is 1. The van der Waals surface area contributed by atoms with Gasteiger partial charge in [0.25, 0.3) is 5.91 Å². The zero-order valence-electron chi connectivity index (χ0n) is 19.7. The molecule has 0 bridgehead atoms. The van der Waals surface area contributed by atoms with Gasteiger partial charge in [0, 0.05) is 25.0 Å². The average molecular weight is 453 g/mol. The van der Waals surface area contributed by atoms with Crippen LogP contribution in [0.1, 0.15) is 57.3 Å². The van der Waals surface area contributed by atoms with Gasteiger partial charge in [-0.1, -0.05) is 18.2 Å². The summed E-state index contributed by atoms with van der Waals surface area (Å²) in [5, 5.41) is 17.4. The number of hydrogen-bond donors (Lipinski definition) is 2. The van der Waals surface area contributed by atoms with E-state index in [0.29, 0.717) is 31.7 Å². The summed E-state index contributed by atoms with van der Waals surface area (Å²) in [6.07, 6.45) is 2.86. The number of benzene rings is 1. The molecule has 33 heavy (non-hydrogen) atoms. The Morgan fingerprint density at radius 2 is 1.85 bits per heavy atom. The zero-order valence-corrected chi connectivity index (χ0v) is 19.7. The Hall–Kier alpha value is -3.54. The third kappa shape index (κ3) is 5.64. The highest BCUT2D eigenvalue weighted by molar-refractivity contribution is 5.98. The molecule has 1 unspecified atom stereocenters. The second-order valence-corrected chi connectivity index (χ2v) is 9.62. The predicted molar refractivity (Wildman–Crippen MR) is 125 cm³/mol. The van der Waals surface area contributed by atoms with Crippen LogP contribution in [-0.4, -0.2) is 45.4 Å². The highest BCUT2D eigenvalue weighted by atomic mass is 16.6. The van der Waals surface area contributed by atoms with Crippen LogP contribution in [-0.2, 0) is 10.3 Å². The van der Waals surface area contributed by atoms with Crippen molar-refractivity contribution in [1.29, 1.82) is 5.26 Å². The van der Waals surface area contributed by atoms with Crippen molar-refractivity contribution in [3.05, 3.63) is 42.1 Å². The lowest BCUT2D eigenvalue weighted by Gasteiger charge is -2.41. The molecule has 0 spiro atoms. The van der Waals surface area contributed by atoms with Crippen LogP contribution in [0.2, 0.25) is 0 Å². The van der Waals surface area contributed by atoms with E-state index < -0.39 is 17.0 Å². The number of hydrogen-bond acceptors (Lipinski definition) is 6. The van der Waals surface area contributed by atoms with Crippen LogP contribution >= 0.6 is 0 Å².